The van der Waals surface area contributed by atoms with Crippen LogP contribution in [0.1, 0.15) is 57.6 Å². The van der Waals surface area contributed by atoms with Crippen LogP contribution >= 0.6 is 0 Å². The maximum absolute atomic E-state index is 5.21. The van der Waals surface area contributed by atoms with Crippen molar-refractivity contribution in [2.75, 3.05) is 13.7 Å². The van der Waals surface area contributed by atoms with Gasteiger partial charge in [-0.1, -0.05) is 25.0 Å². The van der Waals surface area contributed by atoms with Crippen LogP contribution in [0.2, 0.25) is 0 Å². The van der Waals surface area contributed by atoms with Gasteiger partial charge in [-0.3, -0.25) is 0 Å². The number of nitrogens with one attached hydrogen (secondary N) is 2. The number of methoxy groups -OCH3 is 1. The molecule has 21 heavy (non-hydrogen) atoms. The Kier molecular flexibility index (Phi) is 6.52. The lowest BCUT2D eigenvalue weighted by Crippen LogP contribution is -2.37. The van der Waals surface area contributed by atoms with Crippen molar-refractivity contribution in [1.82, 2.24) is 10.6 Å². The number of benzene rings is 1. The molecule has 1 aromatic carbocycles. The first kappa shape index (κ1) is 16.3. The van der Waals surface area contributed by atoms with Crippen LogP contribution < -0.4 is 15.4 Å². The zero-order chi connectivity index (χ0) is 15.1. The van der Waals surface area contributed by atoms with E-state index in [1.807, 2.05) is 12.1 Å². The van der Waals surface area contributed by atoms with Crippen molar-refractivity contribution in [2.24, 2.45) is 0 Å². The first-order valence-corrected chi connectivity index (χ1v) is 8.32. The van der Waals surface area contributed by atoms with E-state index in [0.29, 0.717) is 18.1 Å². The van der Waals surface area contributed by atoms with Crippen LogP contribution in [0.3, 0.4) is 0 Å². The average Bonchev–Trinajstić information content (AvgIpc) is 2.75. The highest BCUT2D eigenvalue weighted by atomic mass is 16.5. The summed E-state index contributed by atoms with van der Waals surface area (Å²) < 4.78 is 5.21. The van der Waals surface area contributed by atoms with Crippen LogP contribution in [0.4, 0.5) is 0 Å². The van der Waals surface area contributed by atoms with Crippen molar-refractivity contribution < 1.29 is 4.74 Å². The van der Waals surface area contributed by atoms with E-state index in [4.69, 9.17) is 4.74 Å². The molecule has 1 saturated heterocycles. The third kappa shape index (κ3) is 5.33. The summed E-state index contributed by atoms with van der Waals surface area (Å²) in [6, 6.07) is 9.93. The van der Waals surface area contributed by atoms with E-state index in [-0.39, 0.29) is 0 Å². The summed E-state index contributed by atoms with van der Waals surface area (Å²) >= 11 is 0. The molecule has 2 rings (SSSR count). The van der Waals surface area contributed by atoms with E-state index in [0.717, 1.165) is 5.75 Å². The van der Waals surface area contributed by atoms with Crippen LogP contribution in [0.5, 0.6) is 5.75 Å². The Morgan fingerprint density at radius 3 is 2.67 bits per heavy atom. The van der Waals surface area contributed by atoms with Crippen LogP contribution in [0.25, 0.3) is 0 Å². The SMILES string of the molecule is COc1ccc(C(C)NC(C)CC2CCCCCN2)cc1. The topological polar surface area (TPSA) is 33.3 Å². The van der Waals surface area contributed by atoms with Gasteiger partial charge in [-0.25, -0.2) is 0 Å². The maximum Gasteiger partial charge on any atom is 0.118 e. The highest BCUT2D eigenvalue weighted by molar-refractivity contribution is 5.28. The highest BCUT2D eigenvalue weighted by Crippen LogP contribution is 2.19. The smallest absolute Gasteiger partial charge is 0.118 e. The molecular weight excluding hydrogens is 260 g/mol. The van der Waals surface area contributed by atoms with Gasteiger partial charge in [-0.15, -0.1) is 0 Å². The first-order chi connectivity index (χ1) is 10.2. The molecule has 0 aliphatic carbocycles. The number of ether oxygens (including phenoxy) is 1. The second-order valence-corrected chi connectivity index (χ2v) is 6.30. The third-order valence-electron chi connectivity index (χ3n) is 4.45. The zero-order valence-corrected chi connectivity index (χ0v) is 13.7. The van der Waals surface area contributed by atoms with Crippen molar-refractivity contribution >= 4 is 0 Å². The monoisotopic (exact) mass is 290 g/mol. The molecule has 3 nitrogen and oxygen atoms in total. The minimum absolute atomic E-state index is 0.372. The van der Waals surface area contributed by atoms with Crippen LogP contribution in [0, 0.1) is 0 Å². The molecule has 0 radical (unpaired) electrons. The van der Waals surface area contributed by atoms with Gasteiger partial charge in [-0.2, -0.15) is 0 Å². The highest BCUT2D eigenvalue weighted by Gasteiger charge is 2.16. The predicted octanol–water partition coefficient (Wildman–Crippen LogP) is 3.66. The quantitative estimate of drug-likeness (QED) is 0.839. The molecule has 0 saturated carbocycles. The molecule has 3 unspecified atom stereocenters. The fraction of sp³-hybridized carbons (Fsp3) is 0.667. The largest absolute Gasteiger partial charge is 0.497 e. The molecule has 118 valence electrons. The third-order valence-corrected chi connectivity index (χ3v) is 4.45. The molecule has 0 spiro atoms. The predicted molar refractivity (Wildman–Crippen MR) is 88.9 cm³/mol. The lowest BCUT2D eigenvalue weighted by Gasteiger charge is -2.25. The lowest BCUT2D eigenvalue weighted by atomic mass is 10.0. The average molecular weight is 290 g/mol. The summed E-state index contributed by atoms with van der Waals surface area (Å²) in [5.74, 6) is 0.918. The fourth-order valence-corrected chi connectivity index (χ4v) is 3.21. The van der Waals surface area contributed by atoms with Crippen LogP contribution in [0.15, 0.2) is 24.3 Å². The molecule has 0 bridgehead atoms. The Hall–Kier alpha value is -1.06. The Bertz CT molecular complexity index is 396. The normalized spacial score (nSPS) is 22.3. The van der Waals surface area contributed by atoms with E-state index in [9.17, 15) is 0 Å². The van der Waals surface area contributed by atoms with Gasteiger partial charge in [0.15, 0.2) is 0 Å². The van der Waals surface area contributed by atoms with Crippen molar-refractivity contribution in [3.05, 3.63) is 29.8 Å². The Balaban J connectivity index is 1.81. The Morgan fingerprint density at radius 1 is 1.19 bits per heavy atom. The van der Waals surface area contributed by atoms with Gasteiger partial charge >= 0.3 is 0 Å². The second kappa shape index (κ2) is 8.40. The zero-order valence-electron chi connectivity index (χ0n) is 13.7. The molecule has 2 N–H and O–H groups in total. The molecular formula is C18H30N2O. The molecule has 1 heterocycles. The summed E-state index contributed by atoms with van der Waals surface area (Å²) in [5, 5.41) is 7.40. The van der Waals surface area contributed by atoms with E-state index in [1.54, 1.807) is 7.11 Å². The van der Waals surface area contributed by atoms with Gasteiger partial charge in [0, 0.05) is 18.1 Å². The van der Waals surface area contributed by atoms with Gasteiger partial charge < -0.3 is 15.4 Å². The summed E-state index contributed by atoms with van der Waals surface area (Å²) in [6.07, 6.45) is 6.62. The van der Waals surface area contributed by atoms with Crippen molar-refractivity contribution in [1.29, 1.82) is 0 Å². The molecule has 0 amide bonds. The van der Waals surface area contributed by atoms with Crippen molar-refractivity contribution in [2.45, 2.75) is 64.1 Å². The van der Waals surface area contributed by atoms with Crippen molar-refractivity contribution in [3.63, 3.8) is 0 Å². The molecule has 3 atom stereocenters. The molecule has 1 aromatic rings. The Labute approximate surface area is 129 Å². The van der Waals surface area contributed by atoms with Crippen LogP contribution in [-0.2, 0) is 0 Å². The van der Waals surface area contributed by atoms with E-state index in [1.165, 1.54) is 44.2 Å². The molecule has 1 fully saturated rings. The van der Waals surface area contributed by atoms with E-state index in [2.05, 4.69) is 36.6 Å². The molecule has 3 heteroatoms. The van der Waals surface area contributed by atoms with Gasteiger partial charge in [0.1, 0.15) is 5.75 Å². The van der Waals surface area contributed by atoms with E-state index >= 15 is 0 Å². The second-order valence-electron chi connectivity index (χ2n) is 6.30. The minimum atomic E-state index is 0.372. The van der Waals surface area contributed by atoms with Crippen molar-refractivity contribution in [3.8, 4) is 5.75 Å². The maximum atomic E-state index is 5.21. The molecule has 1 aliphatic heterocycles. The summed E-state index contributed by atoms with van der Waals surface area (Å²) in [5.41, 5.74) is 1.32. The van der Waals surface area contributed by atoms with Gasteiger partial charge in [0.05, 0.1) is 7.11 Å². The number of hydrogen-bond acceptors (Lipinski definition) is 3. The summed E-state index contributed by atoms with van der Waals surface area (Å²) in [4.78, 5) is 0. The fourth-order valence-electron chi connectivity index (χ4n) is 3.21. The standard InChI is InChI=1S/C18H30N2O/c1-14(13-17-7-5-4-6-12-19-17)20-15(2)16-8-10-18(21-3)11-9-16/h8-11,14-15,17,19-20H,4-7,12-13H2,1-3H3. The first-order valence-electron chi connectivity index (χ1n) is 8.32. The summed E-state index contributed by atoms with van der Waals surface area (Å²) in [6.45, 7) is 5.72. The minimum Gasteiger partial charge on any atom is -0.497 e. The number of rotatable bonds is 6. The Morgan fingerprint density at radius 2 is 1.95 bits per heavy atom. The van der Waals surface area contributed by atoms with Gasteiger partial charge in [0.25, 0.3) is 0 Å². The van der Waals surface area contributed by atoms with Gasteiger partial charge in [0.2, 0.25) is 0 Å². The molecule has 1 aliphatic rings. The van der Waals surface area contributed by atoms with E-state index < -0.39 is 0 Å². The van der Waals surface area contributed by atoms with Crippen LogP contribution in [-0.4, -0.2) is 25.7 Å². The summed E-state index contributed by atoms with van der Waals surface area (Å²) in [7, 11) is 1.71. The molecule has 0 aromatic heterocycles. The van der Waals surface area contributed by atoms with Gasteiger partial charge in [-0.05, 0) is 57.4 Å². The number of hydrogen-bond donors (Lipinski definition) is 2. The lowest BCUT2D eigenvalue weighted by molar-refractivity contribution is 0.380.